The molecule has 0 N–H and O–H groups in total. The Morgan fingerprint density at radius 2 is 2.14 bits per heavy atom. The lowest BCUT2D eigenvalue weighted by Gasteiger charge is -2.08. The Bertz CT molecular complexity index is 722. The molecule has 0 fully saturated rings. The Hall–Kier alpha value is -2.28. The fraction of sp³-hybridized carbons (Fsp3) is 0.200. The molecule has 2 rings (SSSR count). The molecule has 1 heterocycles. The number of ketones is 1. The van der Waals surface area contributed by atoms with Gasteiger partial charge < -0.3 is 4.74 Å². The summed E-state index contributed by atoms with van der Waals surface area (Å²) in [7, 11) is 0. The highest BCUT2D eigenvalue weighted by atomic mass is 32.2. The molecule has 2 aromatic rings. The number of carbonyl (C=O) groups excluding carboxylic acids is 2. The molecule has 0 saturated heterocycles. The quantitative estimate of drug-likeness (QED) is 0.365. The summed E-state index contributed by atoms with van der Waals surface area (Å²) in [5.74, 6) is -1.78. The zero-order valence-electron chi connectivity index (χ0n) is 12.0. The lowest BCUT2D eigenvalue weighted by molar-refractivity contribution is 0.0522. The van der Waals surface area contributed by atoms with Gasteiger partial charge in [0.05, 0.1) is 6.61 Å². The van der Waals surface area contributed by atoms with Crippen LogP contribution in [0.3, 0.4) is 0 Å². The predicted octanol–water partition coefficient (Wildman–Crippen LogP) is 2.75. The highest BCUT2D eigenvalue weighted by molar-refractivity contribution is 7.98. The maximum atomic E-state index is 13.3. The highest BCUT2D eigenvalue weighted by Gasteiger charge is 2.22. The SMILES string of the molecule is CCOC(=O)c1cnc(SC)nc1C(=O)c1cccc(F)c1. The Labute approximate surface area is 130 Å². The van der Waals surface area contributed by atoms with Gasteiger partial charge in [-0.15, -0.1) is 0 Å². The molecule has 5 nitrogen and oxygen atoms in total. The second kappa shape index (κ2) is 7.13. The number of aromatic nitrogens is 2. The van der Waals surface area contributed by atoms with Gasteiger partial charge in [-0.25, -0.2) is 19.2 Å². The van der Waals surface area contributed by atoms with Gasteiger partial charge in [0.2, 0.25) is 5.78 Å². The number of carbonyl (C=O) groups is 2. The fourth-order valence-electron chi connectivity index (χ4n) is 1.76. The van der Waals surface area contributed by atoms with Crippen molar-refractivity contribution in [2.45, 2.75) is 12.1 Å². The molecule has 7 heteroatoms. The summed E-state index contributed by atoms with van der Waals surface area (Å²) < 4.78 is 18.2. The van der Waals surface area contributed by atoms with Crippen molar-refractivity contribution in [3.05, 3.63) is 53.1 Å². The van der Waals surface area contributed by atoms with Crippen molar-refractivity contribution in [2.24, 2.45) is 0 Å². The van der Waals surface area contributed by atoms with Crippen LogP contribution in [-0.2, 0) is 4.74 Å². The van der Waals surface area contributed by atoms with E-state index in [2.05, 4.69) is 9.97 Å². The summed E-state index contributed by atoms with van der Waals surface area (Å²) in [6.07, 6.45) is 3.00. The Morgan fingerprint density at radius 3 is 2.77 bits per heavy atom. The van der Waals surface area contributed by atoms with Crippen molar-refractivity contribution < 1.29 is 18.7 Å². The van der Waals surface area contributed by atoms with Gasteiger partial charge in [0.1, 0.15) is 17.1 Å². The molecule has 1 aromatic heterocycles. The van der Waals surface area contributed by atoms with Crippen LogP contribution in [0.5, 0.6) is 0 Å². The smallest absolute Gasteiger partial charge is 0.342 e. The summed E-state index contributed by atoms with van der Waals surface area (Å²) in [6.45, 7) is 1.82. The Kier molecular flexibility index (Phi) is 5.21. The molecule has 0 saturated carbocycles. The second-order valence-electron chi connectivity index (χ2n) is 4.18. The molecule has 114 valence electrons. The van der Waals surface area contributed by atoms with Crippen molar-refractivity contribution in [1.29, 1.82) is 0 Å². The number of hydrogen-bond donors (Lipinski definition) is 0. The van der Waals surface area contributed by atoms with Crippen LogP contribution < -0.4 is 0 Å². The predicted molar refractivity (Wildman–Crippen MR) is 79.6 cm³/mol. The third kappa shape index (κ3) is 3.48. The molecule has 0 unspecified atom stereocenters. The monoisotopic (exact) mass is 320 g/mol. The van der Waals surface area contributed by atoms with E-state index in [0.717, 1.165) is 6.07 Å². The molecule has 0 aliphatic carbocycles. The average molecular weight is 320 g/mol. The molecule has 0 aliphatic heterocycles. The van der Waals surface area contributed by atoms with Crippen LogP contribution in [0.15, 0.2) is 35.6 Å². The molecule has 22 heavy (non-hydrogen) atoms. The molecular formula is C15H13FN2O3S. The average Bonchev–Trinajstić information content (AvgIpc) is 2.53. The Balaban J connectivity index is 2.51. The zero-order valence-corrected chi connectivity index (χ0v) is 12.8. The number of rotatable bonds is 5. The first kappa shape index (κ1) is 16.1. The van der Waals surface area contributed by atoms with Crippen molar-refractivity contribution in [3.8, 4) is 0 Å². The minimum atomic E-state index is -0.685. The van der Waals surface area contributed by atoms with E-state index in [-0.39, 0.29) is 23.4 Å². The molecule has 0 atom stereocenters. The maximum Gasteiger partial charge on any atom is 0.342 e. The second-order valence-corrected chi connectivity index (χ2v) is 4.95. The van der Waals surface area contributed by atoms with Crippen LogP contribution in [0.4, 0.5) is 4.39 Å². The number of nitrogens with zero attached hydrogens (tertiary/aromatic N) is 2. The minimum absolute atomic E-state index is 0.0334. The molecule has 1 aromatic carbocycles. The lowest BCUT2D eigenvalue weighted by Crippen LogP contribution is -2.16. The van der Waals surface area contributed by atoms with Gasteiger partial charge in [-0.2, -0.15) is 0 Å². The van der Waals surface area contributed by atoms with Crippen LogP contribution >= 0.6 is 11.8 Å². The van der Waals surface area contributed by atoms with Gasteiger partial charge in [-0.1, -0.05) is 23.9 Å². The molecule has 0 aliphatic rings. The van der Waals surface area contributed by atoms with Crippen LogP contribution in [0.1, 0.15) is 33.3 Å². The van der Waals surface area contributed by atoms with Crippen LogP contribution in [0.2, 0.25) is 0 Å². The molecule has 0 spiro atoms. The largest absolute Gasteiger partial charge is 0.462 e. The van der Waals surface area contributed by atoms with Crippen LogP contribution in [0, 0.1) is 5.82 Å². The Morgan fingerprint density at radius 1 is 1.36 bits per heavy atom. The minimum Gasteiger partial charge on any atom is -0.462 e. The van der Waals surface area contributed by atoms with E-state index < -0.39 is 17.6 Å². The van der Waals surface area contributed by atoms with Crippen LogP contribution in [-0.4, -0.2) is 34.6 Å². The summed E-state index contributed by atoms with van der Waals surface area (Å²) >= 11 is 1.23. The fourth-order valence-corrected chi connectivity index (χ4v) is 2.10. The van der Waals surface area contributed by atoms with E-state index in [1.54, 1.807) is 13.2 Å². The first-order valence-corrected chi connectivity index (χ1v) is 7.67. The van der Waals surface area contributed by atoms with Crippen molar-refractivity contribution in [2.75, 3.05) is 12.9 Å². The van der Waals surface area contributed by atoms with Gasteiger partial charge in [-0.05, 0) is 25.3 Å². The molecule has 0 bridgehead atoms. The number of halogens is 1. The number of thioether (sulfide) groups is 1. The molecule has 0 radical (unpaired) electrons. The van der Waals surface area contributed by atoms with Crippen molar-refractivity contribution >= 4 is 23.5 Å². The summed E-state index contributed by atoms with van der Waals surface area (Å²) in [5, 5.41) is 0.341. The van der Waals surface area contributed by atoms with Gasteiger partial charge in [0, 0.05) is 11.8 Å². The highest BCUT2D eigenvalue weighted by Crippen LogP contribution is 2.17. The van der Waals surface area contributed by atoms with E-state index in [1.165, 1.54) is 36.2 Å². The number of benzene rings is 1. The molecule has 0 amide bonds. The van der Waals surface area contributed by atoms with E-state index in [4.69, 9.17) is 4.74 Å². The summed E-state index contributed by atoms with van der Waals surface area (Å²) in [5.41, 5.74) is -0.0198. The topological polar surface area (TPSA) is 69.2 Å². The van der Waals surface area contributed by atoms with E-state index >= 15 is 0 Å². The third-order valence-corrected chi connectivity index (χ3v) is 3.31. The zero-order chi connectivity index (χ0) is 16.1. The lowest BCUT2D eigenvalue weighted by atomic mass is 10.0. The number of ether oxygens (including phenoxy) is 1. The van der Waals surface area contributed by atoms with Crippen molar-refractivity contribution in [1.82, 2.24) is 9.97 Å². The van der Waals surface area contributed by atoms with Gasteiger partial charge in [0.15, 0.2) is 5.16 Å². The van der Waals surface area contributed by atoms with Gasteiger partial charge in [-0.3, -0.25) is 4.79 Å². The normalized spacial score (nSPS) is 10.3. The van der Waals surface area contributed by atoms with E-state index in [0.29, 0.717) is 5.16 Å². The molecular weight excluding hydrogens is 307 g/mol. The number of hydrogen-bond acceptors (Lipinski definition) is 6. The standard InChI is InChI=1S/C15H13FN2O3S/c1-3-21-14(20)11-8-17-15(22-2)18-12(11)13(19)9-5-4-6-10(16)7-9/h4-8H,3H2,1-2H3. The summed E-state index contributed by atoms with van der Waals surface area (Å²) in [6, 6.07) is 5.21. The third-order valence-electron chi connectivity index (χ3n) is 2.75. The van der Waals surface area contributed by atoms with E-state index in [1.807, 2.05) is 0 Å². The van der Waals surface area contributed by atoms with Gasteiger partial charge in [0.25, 0.3) is 0 Å². The van der Waals surface area contributed by atoms with Gasteiger partial charge >= 0.3 is 5.97 Å². The summed E-state index contributed by atoms with van der Waals surface area (Å²) in [4.78, 5) is 32.5. The van der Waals surface area contributed by atoms with Crippen LogP contribution in [0.25, 0.3) is 0 Å². The first-order chi connectivity index (χ1) is 10.6. The number of esters is 1. The first-order valence-electron chi connectivity index (χ1n) is 6.45. The maximum absolute atomic E-state index is 13.3. The van der Waals surface area contributed by atoms with E-state index in [9.17, 15) is 14.0 Å². The van der Waals surface area contributed by atoms with Crippen molar-refractivity contribution in [3.63, 3.8) is 0 Å².